The van der Waals surface area contributed by atoms with Crippen LogP contribution in [0, 0.1) is 0 Å². The normalized spacial score (nSPS) is 10.2. The molecule has 0 saturated carbocycles. The van der Waals surface area contributed by atoms with Gasteiger partial charge >= 0.3 is 12.2 Å². The molecular formula is C19H17N3O4. The predicted octanol–water partition coefficient (Wildman–Crippen LogP) is 4.41. The van der Waals surface area contributed by atoms with E-state index in [9.17, 15) is 9.59 Å². The molecule has 0 aliphatic carbocycles. The van der Waals surface area contributed by atoms with Crippen LogP contribution in [-0.2, 0) is 4.74 Å². The topological polar surface area (TPSA) is 89.5 Å². The monoisotopic (exact) mass is 351 g/mol. The smallest absolute Gasteiger partial charge is 0.434 e. The van der Waals surface area contributed by atoms with Crippen LogP contribution in [0.15, 0.2) is 60.8 Å². The maximum atomic E-state index is 12.2. The third kappa shape index (κ3) is 4.27. The van der Waals surface area contributed by atoms with Gasteiger partial charge in [0.25, 0.3) is 0 Å². The highest BCUT2D eigenvalue weighted by molar-refractivity contribution is 6.04. The number of rotatable bonds is 4. The number of ether oxygens (including phenoxy) is 2. The molecule has 0 saturated heterocycles. The number of anilines is 2. The SMILES string of the molecule is CCOC(=O)Oc1ccc(NC(=O)Nc2cccc3cccnc23)cc1. The molecule has 1 heterocycles. The number of carbonyl (C=O) groups excluding carboxylic acids is 2. The van der Waals surface area contributed by atoms with Crippen LogP contribution in [0.1, 0.15) is 6.92 Å². The number of hydrogen-bond acceptors (Lipinski definition) is 5. The molecule has 0 atom stereocenters. The van der Waals surface area contributed by atoms with Gasteiger partial charge in [0.1, 0.15) is 5.75 Å². The predicted molar refractivity (Wildman–Crippen MR) is 98.5 cm³/mol. The Bertz CT molecular complexity index is 920. The summed E-state index contributed by atoms with van der Waals surface area (Å²) in [5.74, 6) is 0.327. The molecule has 2 N–H and O–H groups in total. The van der Waals surface area contributed by atoms with E-state index in [0.717, 1.165) is 5.39 Å². The molecule has 3 aromatic rings. The second-order valence-electron chi connectivity index (χ2n) is 5.27. The number of aromatic nitrogens is 1. The average Bonchev–Trinajstić information content (AvgIpc) is 2.64. The van der Waals surface area contributed by atoms with E-state index in [2.05, 4.69) is 15.6 Å². The van der Waals surface area contributed by atoms with Gasteiger partial charge in [-0.2, -0.15) is 0 Å². The molecule has 0 radical (unpaired) electrons. The first-order valence-corrected chi connectivity index (χ1v) is 8.02. The third-order valence-electron chi connectivity index (χ3n) is 3.46. The standard InChI is InChI=1S/C19H17N3O4/c1-2-25-19(24)26-15-10-8-14(9-11-15)21-18(23)22-16-7-3-5-13-6-4-12-20-17(13)16/h3-12H,2H2,1H3,(H2,21,22,23). The molecule has 3 rings (SSSR count). The molecule has 0 bridgehead atoms. The van der Waals surface area contributed by atoms with E-state index < -0.39 is 12.2 Å². The minimum Gasteiger partial charge on any atom is -0.434 e. The number of pyridine rings is 1. The van der Waals surface area contributed by atoms with Crippen molar-refractivity contribution in [3.63, 3.8) is 0 Å². The molecule has 132 valence electrons. The minimum absolute atomic E-state index is 0.238. The maximum absolute atomic E-state index is 12.2. The zero-order valence-electron chi connectivity index (χ0n) is 14.1. The Morgan fingerprint density at radius 1 is 1.00 bits per heavy atom. The van der Waals surface area contributed by atoms with Crippen molar-refractivity contribution in [2.24, 2.45) is 0 Å². The first-order valence-electron chi connectivity index (χ1n) is 8.02. The van der Waals surface area contributed by atoms with Gasteiger partial charge in [-0.25, -0.2) is 9.59 Å². The number of benzene rings is 2. The van der Waals surface area contributed by atoms with Crippen LogP contribution in [0.4, 0.5) is 21.0 Å². The number of urea groups is 1. The Kier molecular flexibility index (Phi) is 5.28. The van der Waals surface area contributed by atoms with Gasteiger partial charge in [-0.15, -0.1) is 0 Å². The average molecular weight is 351 g/mol. The number of carbonyl (C=O) groups is 2. The van der Waals surface area contributed by atoms with Crippen LogP contribution in [-0.4, -0.2) is 23.8 Å². The first-order chi connectivity index (χ1) is 12.7. The molecule has 0 aliphatic rings. The quantitative estimate of drug-likeness (QED) is 0.537. The molecule has 0 unspecified atom stereocenters. The van der Waals surface area contributed by atoms with Gasteiger partial charge in [0, 0.05) is 17.3 Å². The van der Waals surface area contributed by atoms with E-state index in [0.29, 0.717) is 22.6 Å². The number of fused-ring (bicyclic) bond motifs is 1. The molecule has 7 nitrogen and oxygen atoms in total. The Hall–Kier alpha value is -3.61. The second-order valence-corrected chi connectivity index (χ2v) is 5.27. The summed E-state index contributed by atoms with van der Waals surface area (Å²) in [6.07, 6.45) is 0.905. The Morgan fingerprint density at radius 3 is 2.54 bits per heavy atom. The molecular weight excluding hydrogens is 334 g/mol. The zero-order chi connectivity index (χ0) is 18.4. The lowest BCUT2D eigenvalue weighted by Crippen LogP contribution is -2.19. The van der Waals surface area contributed by atoms with Gasteiger partial charge < -0.3 is 20.1 Å². The number of nitrogens with one attached hydrogen (secondary N) is 2. The summed E-state index contributed by atoms with van der Waals surface area (Å²) < 4.78 is 9.66. The van der Waals surface area contributed by atoms with Crippen molar-refractivity contribution in [2.75, 3.05) is 17.2 Å². The Balaban J connectivity index is 1.63. The van der Waals surface area contributed by atoms with Crippen molar-refractivity contribution in [1.29, 1.82) is 0 Å². The van der Waals surface area contributed by atoms with Crippen molar-refractivity contribution in [3.05, 3.63) is 60.8 Å². The summed E-state index contributed by atoms with van der Waals surface area (Å²) in [6.45, 7) is 1.93. The highest BCUT2D eigenvalue weighted by Gasteiger charge is 2.08. The third-order valence-corrected chi connectivity index (χ3v) is 3.46. The lowest BCUT2D eigenvalue weighted by Gasteiger charge is -2.10. The Labute approximate surface area is 149 Å². The largest absolute Gasteiger partial charge is 0.513 e. The molecule has 0 spiro atoms. The summed E-state index contributed by atoms with van der Waals surface area (Å²) in [6, 6.07) is 15.3. The first kappa shape index (κ1) is 17.2. The highest BCUT2D eigenvalue weighted by Crippen LogP contribution is 2.21. The molecule has 1 aromatic heterocycles. The molecule has 7 heteroatoms. The van der Waals surface area contributed by atoms with Crippen molar-refractivity contribution in [3.8, 4) is 5.75 Å². The van der Waals surface area contributed by atoms with Crippen LogP contribution in [0.5, 0.6) is 5.75 Å². The Morgan fingerprint density at radius 2 is 1.77 bits per heavy atom. The fraction of sp³-hybridized carbons (Fsp3) is 0.105. The van der Waals surface area contributed by atoms with Gasteiger partial charge in [0.15, 0.2) is 0 Å². The van der Waals surface area contributed by atoms with Crippen LogP contribution in [0.3, 0.4) is 0 Å². The van der Waals surface area contributed by atoms with Gasteiger partial charge in [0.2, 0.25) is 0 Å². The van der Waals surface area contributed by atoms with Crippen molar-refractivity contribution >= 4 is 34.5 Å². The number of para-hydroxylation sites is 1. The summed E-state index contributed by atoms with van der Waals surface area (Å²) >= 11 is 0. The summed E-state index contributed by atoms with van der Waals surface area (Å²) in [5, 5.41) is 6.43. The molecule has 0 aliphatic heterocycles. The summed E-state index contributed by atoms with van der Waals surface area (Å²) in [5.41, 5.74) is 1.87. The summed E-state index contributed by atoms with van der Waals surface area (Å²) in [4.78, 5) is 27.8. The van der Waals surface area contributed by atoms with E-state index in [1.54, 1.807) is 43.5 Å². The fourth-order valence-electron chi connectivity index (χ4n) is 2.34. The van der Waals surface area contributed by atoms with Crippen molar-refractivity contribution < 1.29 is 19.1 Å². The van der Waals surface area contributed by atoms with E-state index in [1.807, 2.05) is 24.3 Å². The number of nitrogens with zero attached hydrogens (tertiary/aromatic N) is 1. The van der Waals surface area contributed by atoms with E-state index in [1.165, 1.54) is 0 Å². The van der Waals surface area contributed by atoms with Gasteiger partial charge in [-0.05, 0) is 43.3 Å². The number of amides is 2. The van der Waals surface area contributed by atoms with Crippen LogP contribution in [0.2, 0.25) is 0 Å². The van der Waals surface area contributed by atoms with Gasteiger partial charge in [-0.1, -0.05) is 18.2 Å². The van der Waals surface area contributed by atoms with E-state index >= 15 is 0 Å². The van der Waals surface area contributed by atoms with Gasteiger partial charge in [0.05, 0.1) is 17.8 Å². The molecule has 26 heavy (non-hydrogen) atoms. The van der Waals surface area contributed by atoms with Crippen LogP contribution >= 0.6 is 0 Å². The molecule has 2 amide bonds. The zero-order valence-corrected chi connectivity index (χ0v) is 14.1. The van der Waals surface area contributed by atoms with E-state index in [-0.39, 0.29) is 6.61 Å². The lowest BCUT2D eigenvalue weighted by molar-refractivity contribution is 0.104. The second kappa shape index (κ2) is 7.98. The van der Waals surface area contributed by atoms with Gasteiger partial charge in [-0.3, -0.25) is 4.98 Å². The van der Waals surface area contributed by atoms with Crippen LogP contribution < -0.4 is 15.4 Å². The molecule has 0 fully saturated rings. The minimum atomic E-state index is -0.769. The summed E-state index contributed by atoms with van der Waals surface area (Å²) in [7, 11) is 0. The number of hydrogen-bond donors (Lipinski definition) is 2. The highest BCUT2D eigenvalue weighted by atomic mass is 16.7. The lowest BCUT2D eigenvalue weighted by atomic mass is 10.2. The van der Waals surface area contributed by atoms with Crippen LogP contribution in [0.25, 0.3) is 10.9 Å². The van der Waals surface area contributed by atoms with Crippen molar-refractivity contribution in [1.82, 2.24) is 4.98 Å². The molecule has 2 aromatic carbocycles. The van der Waals surface area contributed by atoms with Crippen molar-refractivity contribution in [2.45, 2.75) is 6.92 Å². The fourth-order valence-corrected chi connectivity index (χ4v) is 2.34. The van der Waals surface area contributed by atoms with E-state index in [4.69, 9.17) is 9.47 Å². The maximum Gasteiger partial charge on any atom is 0.513 e.